The third kappa shape index (κ3) is 4.36. The van der Waals surface area contributed by atoms with Crippen molar-refractivity contribution in [1.82, 2.24) is 9.55 Å². The Labute approximate surface area is 183 Å². The molecule has 0 unspecified atom stereocenters. The fourth-order valence-electron chi connectivity index (χ4n) is 3.70. The molecule has 0 fully saturated rings. The summed E-state index contributed by atoms with van der Waals surface area (Å²) in [5, 5.41) is 0. The molecule has 0 bridgehead atoms. The Morgan fingerprint density at radius 3 is 2.32 bits per heavy atom. The van der Waals surface area contributed by atoms with Gasteiger partial charge in [0, 0.05) is 5.56 Å². The van der Waals surface area contributed by atoms with E-state index in [1.54, 1.807) is 14.2 Å². The number of fused-ring (bicyclic) bond motifs is 1. The summed E-state index contributed by atoms with van der Waals surface area (Å²) in [4.78, 5) is 4.88. The van der Waals surface area contributed by atoms with E-state index in [0.29, 0.717) is 30.6 Å². The van der Waals surface area contributed by atoms with E-state index in [9.17, 15) is 0 Å². The number of hydrogen-bond acceptors (Lipinski definition) is 4. The van der Waals surface area contributed by atoms with Crippen LogP contribution in [0.2, 0.25) is 0 Å². The van der Waals surface area contributed by atoms with Gasteiger partial charge in [0.05, 0.1) is 31.8 Å². The summed E-state index contributed by atoms with van der Waals surface area (Å²) in [6.45, 7) is 5.60. The molecule has 4 aromatic rings. The summed E-state index contributed by atoms with van der Waals surface area (Å²) in [5.41, 5.74) is 4.30. The summed E-state index contributed by atoms with van der Waals surface area (Å²) in [6, 6.07) is 22.4. The normalized spacial score (nSPS) is 11.1. The Hall–Kier alpha value is -3.47. The van der Waals surface area contributed by atoms with Gasteiger partial charge in [-0.2, -0.15) is 0 Å². The van der Waals surface area contributed by atoms with Crippen molar-refractivity contribution in [2.75, 3.05) is 20.8 Å². The van der Waals surface area contributed by atoms with Crippen LogP contribution < -0.4 is 14.2 Å². The lowest BCUT2D eigenvalue weighted by atomic mass is 10.0. The number of hydrogen-bond donors (Lipinski definition) is 0. The molecule has 160 valence electrons. The summed E-state index contributed by atoms with van der Waals surface area (Å²) in [5.74, 6) is 3.64. The fraction of sp³-hybridized carbons (Fsp3) is 0.269. The molecule has 0 atom stereocenters. The van der Waals surface area contributed by atoms with Gasteiger partial charge in [0.2, 0.25) is 0 Å². The van der Waals surface area contributed by atoms with Crippen LogP contribution in [0, 0.1) is 0 Å². The fourth-order valence-corrected chi connectivity index (χ4v) is 3.70. The molecule has 5 heteroatoms. The Bertz CT molecular complexity index is 1160. The molecule has 0 aliphatic carbocycles. The van der Waals surface area contributed by atoms with Crippen LogP contribution >= 0.6 is 0 Å². The van der Waals surface area contributed by atoms with E-state index in [4.69, 9.17) is 19.2 Å². The molecule has 0 radical (unpaired) electrons. The average molecular weight is 417 g/mol. The molecule has 0 saturated carbocycles. The van der Waals surface area contributed by atoms with Gasteiger partial charge in [-0.15, -0.1) is 0 Å². The maximum atomic E-state index is 6.04. The second-order valence-corrected chi connectivity index (χ2v) is 7.72. The van der Waals surface area contributed by atoms with Crippen molar-refractivity contribution in [3.05, 3.63) is 72.3 Å². The smallest absolute Gasteiger partial charge is 0.161 e. The molecule has 0 N–H and O–H groups in total. The van der Waals surface area contributed by atoms with Gasteiger partial charge in [0.15, 0.2) is 11.5 Å². The van der Waals surface area contributed by atoms with Gasteiger partial charge in [0.1, 0.15) is 18.2 Å². The van der Waals surface area contributed by atoms with Gasteiger partial charge in [0.25, 0.3) is 0 Å². The van der Waals surface area contributed by atoms with Crippen LogP contribution in [0.25, 0.3) is 22.4 Å². The number of rotatable bonds is 8. The number of benzene rings is 3. The highest BCUT2D eigenvalue weighted by atomic mass is 16.5. The van der Waals surface area contributed by atoms with Crippen LogP contribution in [-0.2, 0) is 6.54 Å². The van der Waals surface area contributed by atoms with Crippen molar-refractivity contribution in [1.29, 1.82) is 0 Å². The summed E-state index contributed by atoms with van der Waals surface area (Å²) < 4.78 is 19.1. The van der Waals surface area contributed by atoms with Crippen LogP contribution in [0.15, 0.2) is 66.7 Å². The molecule has 0 saturated heterocycles. The Kier molecular flexibility index (Phi) is 6.12. The second-order valence-electron chi connectivity index (χ2n) is 7.72. The zero-order valence-corrected chi connectivity index (χ0v) is 18.5. The molecule has 0 spiro atoms. The Balaban J connectivity index is 1.61. The molecule has 0 amide bonds. The molecule has 1 aromatic heterocycles. The van der Waals surface area contributed by atoms with Gasteiger partial charge in [-0.25, -0.2) is 4.98 Å². The Morgan fingerprint density at radius 2 is 1.61 bits per heavy atom. The van der Waals surface area contributed by atoms with Crippen molar-refractivity contribution in [3.63, 3.8) is 0 Å². The van der Waals surface area contributed by atoms with E-state index in [1.807, 2.05) is 48.5 Å². The van der Waals surface area contributed by atoms with E-state index < -0.39 is 0 Å². The van der Waals surface area contributed by atoms with E-state index in [-0.39, 0.29) is 0 Å². The zero-order valence-electron chi connectivity index (χ0n) is 18.5. The Morgan fingerprint density at radius 1 is 0.871 bits per heavy atom. The van der Waals surface area contributed by atoms with Gasteiger partial charge in [-0.3, -0.25) is 0 Å². The first-order chi connectivity index (χ1) is 15.1. The second kappa shape index (κ2) is 9.13. The quantitative estimate of drug-likeness (QED) is 0.357. The van der Waals surface area contributed by atoms with Gasteiger partial charge >= 0.3 is 0 Å². The third-order valence-electron chi connectivity index (χ3n) is 5.43. The zero-order chi connectivity index (χ0) is 21.8. The first-order valence-electron chi connectivity index (χ1n) is 10.5. The lowest BCUT2D eigenvalue weighted by Crippen LogP contribution is -2.09. The highest BCUT2D eigenvalue weighted by Gasteiger charge is 2.15. The van der Waals surface area contributed by atoms with Crippen molar-refractivity contribution >= 4 is 11.0 Å². The van der Waals surface area contributed by atoms with Crippen LogP contribution in [0.4, 0.5) is 0 Å². The van der Waals surface area contributed by atoms with Crippen molar-refractivity contribution in [3.8, 4) is 28.6 Å². The summed E-state index contributed by atoms with van der Waals surface area (Å²) in [7, 11) is 3.28. The highest BCUT2D eigenvalue weighted by Crippen LogP contribution is 2.33. The number of aromatic nitrogens is 2. The van der Waals surface area contributed by atoms with Gasteiger partial charge < -0.3 is 18.8 Å². The monoisotopic (exact) mass is 416 g/mol. The van der Waals surface area contributed by atoms with Crippen molar-refractivity contribution in [2.45, 2.75) is 26.3 Å². The predicted molar refractivity (Wildman–Crippen MR) is 124 cm³/mol. The van der Waals surface area contributed by atoms with Crippen molar-refractivity contribution < 1.29 is 14.2 Å². The van der Waals surface area contributed by atoms with Crippen LogP contribution in [0.5, 0.6) is 17.2 Å². The third-order valence-corrected chi connectivity index (χ3v) is 5.43. The number of ether oxygens (including phenoxy) is 3. The number of para-hydroxylation sites is 2. The lowest BCUT2D eigenvalue weighted by Gasteiger charge is -2.13. The van der Waals surface area contributed by atoms with Crippen LogP contribution in [0.1, 0.15) is 25.3 Å². The maximum Gasteiger partial charge on any atom is 0.161 e. The molecule has 4 rings (SSSR count). The number of methoxy groups -OCH3 is 2. The van der Waals surface area contributed by atoms with Gasteiger partial charge in [-0.05, 0) is 53.9 Å². The highest BCUT2D eigenvalue weighted by molar-refractivity contribution is 5.81. The predicted octanol–water partition coefficient (Wildman–Crippen LogP) is 5.92. The van der Waals surface area contributed by atoms with Crippen molar-refractivity contribution in [2.24, 2.45) is 0 Å². The maximum absolute atomic E-state index is 6.04. The summed E-state index contributed by atoms with van der Waals surface area (Å²) in [6.07, 6.45) is 0. The SMILES string of the molecule is COc1ccc(-c2nc3ccccc3n2CCOc2ccc(C(C)C)cc2)cc1OC. The molecular formula is C26H28N2O3. The first-order valence-corrected chi connectivity index (χ1v) is 10.5. The first kappa shape index (κ1) is 20.8. The average Bonchev–Trinajstić information content (AvgIpc) is 3.17. The van der Waals surface area contributed by atoms with E-state index in [1.165, 1.54) is 5.56 Å². The molecule has 0 aliphatic heterocycles. The number of nitrogens with zero attached hydrogens (tertiary/aromatic N) is 2. The largest absolute Gasteiger partial charge is 0.493 e. The van der Waals surface area contributed by atoms with Crippen LogP contribution in [-0.4, -0.2) is 30.4 Å². The topological polar surface area (TPSA) is 45.5 Å². The molecule has 5 nitrogen and oxygen atoms in total. The number of imidazole rings is 1. The lowest BCUT2D eigenvalue weighted by molar-refractivity contribution is 0.300. The minimum absolute atomic E-state index is 0.510. The molecule has 0 aliphatic rings. The minimum Gasteiger partial charge on any atom is -0.493 e. The van der Waals surface area contributed by atoms with Crippen LogP contribution in [0.3, 0.4) is 0 Å². The van der Waals surface area contributed by atoms with Gasteiger partial charge in [-0.1, -0.05) is 38.1 Å². The minimum atomic E-state index is 0.510. The molecule has 31 heavy (non-hydrogen) atoms. The van der Waals surface area contributed by atoms with E-state index >= 15 is 0 Å². The molecular weight excluding hydrogens is 388 g/mol. The van der Waals surface area contributed by atoms with E-state index in [2.05, 4.69) is 36.6 Å². The summed E-state index contributed by atoms with van der Waals surface area (Å²) >= 11 is 0. The van der Waals surface area contributed by atoms with E-state index in [0.717, 1.165) is 28.2 Å². The standard InChI is InChI=1S/C26H28N2O3/c1-18(2)19-9-12-21(13-10-19)31-16-15-28-23-8-6-5-7-22(23)27-26(28)20-11-14-24(29-3)25(17-20)30-4/h5-14,17-18H,15-16H2,1-4H3. The molecule has 3 aromatic carbocycles. The molecule has 1 heterocycles.